The molecule has 1 aliphatic rings. The predicted octanol–water partition coefficient (Wildman–Crippen LogP) is 1.84. The normalized spacial score (nSPS) is 19.9. The third-order valence-electron chi connectivity index (χ3n) is 3.93. The maximum atomic E-state index is 12.2. The summed E-state index contributed by atoms with van der Waals surface area (Å²) in [6, 6.07) is 4.63. The topological polar surface area (TPSA) is 44.4 Å². The van der Waals surface area contributed by atoms with Gasteiger partial charge in [-0.15, -0.1) is 0 Å². The maximum Gasteiger partial charge on any atom is 0.238 e. The Hall–Kier alpha value is -1.39. The largest absolute Gasteiger partial charge is 0.324 e. The van der Waals surface area contributed by atoms with Gasteiger partial charge in [-0.25, -0.2) is 0 Å². The Balaban J connectivity index is 2.01. The summed E-state index contributed by atoms with van der Waals surface area (Å²) < 4.78 is 0. The van der Waals surface area contributed by atoms with E-state index in [9.17, 15) is 4.79 Å². The molecule has 110 valence electrons. The van der Waals surface area contributed by atoms with E-state index >= 15 is 0 Å². The van der Waals surface area contributed by atoms with Crippen molar-refractivity contribution in [3.8, 4) is 0 Å². The fourth-order valence-corrected chi connectivity index (χ4v) is 2.86. The molecule has 20 heavy (non-hydrogen) atoms. The molecule has 0 aliphatic carbocycles. The molecule has 0 bridgehead atoms. The van der Waals surface area contributed by atoms with Gasteiger partial charge in [-0.3, -0.25) is 9.69 Å². The van der Waals surface area contributed by atoms with Crippen LogP contribution < -0.4 is 10.6 Å². The molecule has 1 saturated heterocycles. The lowest BCUT2D eigenvalue weighted by Gasteiger charge is -2.33. The van der Waals surface area contributed by atoms with Crippen molar-refractivity contribution in [2.45, 2.75) is 33.7 Å². The molecule has 0 unspecified atom stereocenters. The molecule has 2 N–H and O–H groups in total. The van der Waals surface area contributed by atoms with Gasteiger partial charge in [0.15, 0.2) is 0 Å². The molecule has 4 nitrogen and oxygen atoms in total. The van der Waals surface area contributed by atoms with Crippen molar-refractivity contribution >= 4 is 11.6 Å². The number of benzene rings is 1. The summed E-state index contributed by atoms with van der Waals surface area (Å²) >= 11 is 0. The van der Waals surface area contributed by atoms with Gasteiger partial charge in [0.05, 0.1) is 6.54 Å². The summed E-state index contributed by atoms with van der Waals surface area (Å²) in [5, 5.41) is 6.41. The maximum absolute atomic E-state index is 12.2. The minimum atomic E-state index is 0.0776. The molecular weight excluding hydrogens is 250 g/mol. The molecule has 2 rings (SSSR count). The van der Waals surface area contributed by atoms with Crippen molar-refractivity contribution in [3.05, 3.63) is 28.8 Å². The summed E-state index contributed by atoms with van der Waals surface area (Å²) in [5.41, 5.74) is 4.45. The van der Waals surface area contributed by atoms with Gasteiger partial charge in [0.2, 0.25) is 5.91 Å². The molecule has 1 amide bonds. The number of anilines is 1. The number of carbonyl (C=O) groups excluding carboxylic acids is 1. The van der Waals surface area contributed by atoms with E-state index in [1.807, 2.05) is 13.8 Å². The van der Waals surface area contributed by atoms with E-state index in [1.165, 1.54) is 5.56 Å². The molecule has 1 aliphatic heterocycles. The van der Waals surface area contributed by atoms with E-state index < -0.39 is 0 Å². The first-order chi connectivity index (χ1) is 9.47. The van der Waals surface area contributed by atoms with Crippen molar-refractivity contribution in [1.29, 1.82) is 0 Å². The van der Waals surface area contributed by atoms with E-state index in [4.69, 9.17) is 0 Å². The fraction of sp³-hybridized carbons (Fsp3) is 0.562. The highest BCUT2D eigenvalue weighted by atomic mass is 16.2. The smallest absolute Gasteiger partial charge is 0.238 e. The second-order valence-corrected chi connectivity index (χ2v) is 5.85. The van der Waals surface area contributed by atoms with Gasteiger partial charge in [0, 0.05) is 31.4 Å². The van der Waals surface area contributed by atoms with Crippen LogP contribution in [0, 0.1) is 20.8 Å². The van der Waals surface area contributed by atoms with E-state index in [2.05, 4.69) is 41.5 Å². The number of nitrogens with one attached hydrogen (secondary N) is 2. The van der Waals surface area contributed by atoms with Gasteiger partial charge in [-0.2, -0.15) is 0 Å². The molecule has 0 spiro atoms. The Morgan fingerprint density at radius 2 is 2.00 bits per heavy atom. The average molecular weight is 275 g/mol. The first kappa shape index (κ1) is 15.0. The number of hydrogen-bond donors (Lipinski definition) is 2. The molecule has 0 saturated carbocycles. The van der Waals surface area contributed by atoms with Crippen molar-refractivity contribution in [3.63, 3.8) is 0 Å². The van der Waals surface area contributed by atoms with Gasteiger partial charge in [0.25, 0.3) is 0 Å². The molecule has 1 atom stereocenters. The van der Waals surface area contributed by atoms with Crippen molar-refractivity contribution < 1.29 is 4.79 Å². The minimum absolute atomic E-state index is 0.0776. The first-order valence-corrected chi connectivity index (χ1v) is 7.30. The molecule has 1 heterocycles. The standard InChI is InChI=1S/C16H25N3O/c1-11-7-12(2)16(13(3)8-11)18-15(20)10-19-6-5-17-9-14(19)4/h7-8,14,17H,5-6,9-10H2,1-4H3,(H,18,20)/t14-/m0/s1. The van der Waals surface area contributed by atoms with Crippen molar-refractivity contribution in [1.82, 2.24) is 10.2 Å². The van der Waals surface area contributed by atoms with Crippen LogP contribution in [0.15, 0.2) is 12.1 Å². The number of nitrogens with zero attached hydrogens (tertiary/aromatic N) is 1. The Kier molecular flexibility index (Phi) is 4.78. The van der Waals surface area contributed by atoms with Crippen molar-refractivity contribution in [2.75, 3.05) is 31.5 Å². The predicted molar refractivity (Wildman–Crippen MR) is 83.2 cm³/mol. The summed E-state index contributed by atoms with van der Waals surface area (Å²) in [7, 11) is 0. The highest BCUT2D eigenvalue weighted by Gasteiger charge is 2.20. The molecular formula is C16H25N3O. The summed E-state index contributed by atoms with van der Waals surface area (Å²) in [5.74, 6) is 0.0776. The van der Waals surface area contributed by atoms with E-state index in [1.54, 1.807) is 0 Å². The number of aryl methyl sites for hydroxylation is 3. The third kappa shape index (κ3) is 3.58. The minimum Gasteiger partial charge on any atom is -0.324 e. The Morgan fingerprint density at radius 3 is 2.60 bits per heavy atom. The Morgan fingerprint density at radius 1 is 1.35 bits per heavy atom. The monoisotopic (exact) mass is 275 g/mol. The van der Waals surface area contributed by atoms with Crippen LogP contribution in [0.3, 0.4) is 0 Å². The molecule has 1 fully saturated rings. The number of rotatable bonds is 3. The van der Waals surface area contributed by atoms with Gasteiger partial charge in [-0.1, -0.05) is 17.7 Å². The van der Waals surface area contributed by atoms with Crippen LogP contribution in [0.4, 0.5) is 5.69 Å². The third-order valence-corrected chi connectivity index (χ3v) is 3.93. The van der Waals surface area contributed by atoms with Crippen molar-refractivity contribution in [2.24, 2.45) is 0 Å². The van der Waals surface area contributed by atoms with Crippen LogP contribution in [0.25, 0.3) is 0 Å². The second-order valence-electron chi connectivity index (χ2n) is 5.85. The second kappa shape index (κ2) is 6.37. The Labute approximate surface area is 121 Å². The van der Waals surface area contributed by atoms with Gasteiger partial charge in [0.1, 0.15) is 0 Å². The van der Waals surface area contributed by atoms with Crippen LogP contribution in [0.2, 0.25) is 0 Å². The SMILES string of the molecule is Cc1cc(C)c(NC(=O)CN2CCNC[C@@H]2C)c(C)c1. The lowest BCUT2D eigenvalue weighted by Crippen LogP contribution is -2.52. The lowest BCUT2D eigenvalue weighted by atomic mass is 10.1. The highest BCUT2D eigenvalue weighted by Crippen LogP contribution is 2.21. The van der Waals surface area contributed by atoms with Crippen LogP contribution in [-0.4, -0.2) is 43.0 Å². The molecule has 1 aromatic carbocycles. The zero-order valence-electron chi connectivity index (χ0n) is 12.9. The number of carbonyl (C=O) groups is 1. The first-order valence-electron chi connectivity index (χ1n) is 7.30. The highest BCUT2D eigenvalue weighted by molar-refractivity contribution is 5.93. The van der Waals surface area contributed by atoms with E-state index in [0.29, 0.717) is 12.6 Å². The number of piperazine rings is 1. The van der Waals surface area contributed by atoms with Gasteiger partial charge >= 0.3 is 0 Å². The van der Waals surface area contributed by atoms with Crippen LogP contribution in [-0.2, 0) is 4.79 Å². The van der Waals surface area contributed by atoms with Gasteiger partial charge < -0.3 is 10.6 Å². The summed E-state index contributed by atoms with van der Waals surface area (Å²) in [6.07, 6.45) is 0. The lowest BCUT2D eigenvalue weighted by molar-refractivity contribution is -0.118. The van der Waals surface area contributed by atoms with Crippen LogP contribution >= 0.6 is 0 Å². The summed E-state index contributed by atoms with van der Waals surface area (Å²) in [4.78, 5) is 14.5. The number of amides is 1. The fourth-order valence-electron chi connectivity index (χ4n) is 2.86. The summed E-state index contributed by atoms with van der Waals surface area (Å²) in [6.45, 7) is 11.6. The molecule has 4 heteroatoms. The Bertz CT molecular complexity index is 475. The number of hydrogen-bond acceptors (Lipinski definition) is 3. The van der Waals surface area contributed by atoms with Crippen LogP contribution in [0.1, 0.15) is 23.6 Å². The van der Waals surface area contributed by atoms with Crippen LogP contribution in [0.5, 0.6) is 0 Å². The van der Waals surface area contributed by atoms with E-state index in [0.717, 1.165) is 36.4 Å². The molecule has 1 aromatic rings. The van der Waals surface area contributed by atoms with E-state index in [-0.39, 0.29) is 5.91 Å². The molecule has 0 radical (unpaired) electrons. The zero-order valence-corrected chi connectivity index (χ0v) is 12.9. The molecule has 0 aromatic heterocycles. The zero-order chi connectivity index (χ0) is 14.7. The van der Waals surface area contributed by atoms with Gasteiger partial charge in [-0.05, 0) is 38.8 Å². The average Bonchev–Trinajstić information content (AvgIpc) is 2.36. The quantitative estimate of drug-likeness (QED) is 0.885.